The number of fused-ring (bicyclic) bond motifs is 1. The van der Waals surface area contributed by atoms with Crippen molar-refractivity contribution in [3.05, 3.63) is 48.0 Å². The van der Waals surface area contributed by atoms with E-state index in [2.05, 4.69) is 0 Å². The van der Waals surface area contributed by atoms with Crippen LogP contribution in [0.5, 0.6) is 0 Å². The number of carbonyl (C=O) groups excluding carboxylic acids is 1. The average Bonchev–Trinajstić information content (AvgIpc) is 2.27. The van der Waals surface area contributed by atoms with Gasteiger partial charge in [0, 0.05) is 0 Å². The predicted octanol–water partition coefficient (Wildman–Crippen LogP) is 2.43. The van der Waals surface area contributed by atoms with E-state index in [1.54, 1.807) is 0 Å². The molecule has 2 aromatic carbocycles. The third-order valence-corrected chi connectivity index (χ3v) is 2.70. The van der Waals surface area contributed by atoms with E-state index in [9.17, 15) is 4.79 Å². The number of rotatable bonds is 2. The molecule has 2 rings (SSSR count). The van der Waals surface area contributed by atoms with Gasteiger partial charge in [-0.05, 0) is 23.3 Å². The number of nitrogens with two attached hydrogens (primary N) is 1. The molecule has 0 bridgehead atoms. The predicted molar refractivity (Wildman–Crippen MR) is 61.6 cm³/mol. The number of hydrogen-bond acceptors (Lipinski definition) is 1. The van der Waals surface area contributed by atoms with Gasteiger partial charge in [0.05, 0.1) is 5.92 Å². The molecule has 2 heteroatoms. The normalized spacial score (nSPS) is 12.6. The smallest absolute Gasteiger partial charge is 0.224 e. The van der Waals surface area contributed by atoms with Crippen LogP contribution in [0.25, 0.3) is 10.8 Å². The monoisotopic (exact) mass is 199 g/mol. The molecule has 0 radical (unpaired) electrons. The molecule has 0 fully saturated rings. The molecule has 0 heterocycles. The minimum atomic E-state index is -0.287. The summed E-state index contributed by atoms with van der Waals surface area (Å²) in [5.74, 6) is -0.514. The van der Waals surface area contributed by atoms with Crippen LogP contribution < -0.4 is 5.73 Å². The molecule has 76 valence electrons. The van der Waals surface area contributed by atoms with Gasteiger partial charge in [-0.15, -0.1) is 0 Å². The number of primary amides is 1. The lowest BCUT2D eigenvalue weighted by Crippen LogP contribution is -2.18. The number of benzene rings is 2. The minimum absolute atomic E-state index is 0.227. The van der Waals surface area contributed by atoms with E-state index in [0.29, 0.717) is 0 Å². The summed E-state index contributed by atoms with van der Waals surface area (Å²) in [6.07, 6.45) is 0. The molecule has 0 aliphatic carbocycles. The van der Waals surface area contributed by atoms with Gasteiger partial charge < -0.3 is 5.73 Å². The van der Waals surface area contributed by atoms with Crippen molar-refractivity contribution < 1.29 is 4.79 Å². The van der Waals surface area contributed by atoms with Gasteiger partial charge in [-0.2, -0.15) is 0 Å². The first kappa shape index (κ1) is 9.71. The van der Waals surface area contributed by atoms with Gasteiger partial charge >= 0.3 is 0 Å². The van der Waals surface area contributed by atoms with Crippen molar-refractivity contribution >= 4 is 16.7 Å². The first-order chi connectivity index (χ1) is 7.18. The highest BCUT2D eigenvalue weighted by Gasteiger charge is 2.11. The maximum atomic E-state index is 11.1. The Morgan fingerprint density at radius 2 is 1.80 bits per heavy atom. The third kappa shape index (κ3) is 1.84. The van der Waals surface area contributed by atoms with Crippen molar-refractivity contribution in [3.8, 4) is 0 Å². The number of hydrogen-bond donors (Lipinski definition) is 1. The van der Waals surface area contributed by atoms with Crippen molar-refractivity contribution in [1.82, 2.24) is 0 Å². The highest BCUT2D eigenvalue weighted by molar-refractivity contribution is 5.86. The molecule has 0 saturated heterocycles. The fraction of sp³-hybridized carbons (Fsp3) is 0.154. The van der Waals surface area contributed by atoms with E-state index in [-0.39, 0.29) is 11.8 Å². The topological polar surface area (TPSA) is 43.1 Å². The molecule has 0 aliphatic heterocycles. The van der Waals surface area contributed by atoms with Crippen molar-refractivity contribution in [1.29, 1.82) is 0 Å². The second-order valence-corrected chi connectivity index (χ2v) is 3.73. The molecule has 1 unspecified atom stereocenters. The molecule has 0 spiro atoms. The van der Waals surface area contributed by atoms with E-state index >= 15 is 0 Å². The van der Waals surface area contributed by atoms with Crippen LogP contribution in [0, 0.1) is 0 Å². The SMILES string of the molecule is CC(C(N)=O)c1ccc2ccccc2c1. The van der Waals surface area contributed by atoms with Crippen LogP contribution in [-0.4, -0.2) is 5.91 Å². The van der Waals surface area contributed by atoms with Crippen molar-refractivity contribution in [2.75, 3.05) is 0 Å². The number of amides is 1. The van der Waals surface area contributed by atoms with Gasteiger partial charge in [0.25, 0.3) is 0 Å². The second-order valence-electron chi connectivity index (χ2n) is 3.73. The molecule has 2 N–H and O–H groups in total. The molecule has 1 atom stereocenters. The van der Waals surface area contributed by atoms with Crippen molar-refractivity contribution in [2.45, 2.75) is 12.8 Å². The Labute approximate surface area is 88.7 Å². The first-order valence-electron chi connectivity index (χ1n) is 4.96. The highest BCUT2D eigenvalue weighted by Crippen LogP contribution is 2.21. The summed E-state index contributed by atoms with van der Waals surface area (Å²) in [7, 11) is 0. The molecule has 0 aliphatic rings. The highest BCUT2D eigenvalue weighted by atomic mass is 16.1. The van der Waals surface area contributed by atoms with Crippen LogP contribution >= 0.6 is 0 Å². The Morgan fingerprint density at radius 3 is 2.47 bits per heavy atom. The maximum absolute atomic E-state index is 11.1. The van der Waals surface area contributed by atoms with E-state index in [1.165, 1.54) is 5.39 Å². The van der Waals surface area contributed by atoms with E-state index in [1.807, 2.05) is 49.4 Å². The Morgan fingerprint density at radius 1 is 1.13 bits per heavy atom. The Balaban J connectivity index is 2.51. The lowest BCUT2D eigenvalue weighted by atomic mass is 9.97. The van der Waals surface area contributed by atoms with Crippen LogP contribution in [0.15, 0.2) is 42.5 Å². The van der Waals surface area contributed by atoms with Crippen LogP contribution in [0.4, 0.5) is 0 Å². The van der Waals surface area contributed by atoms with Crippen LogP contribution in [0.1, 0.15) is 18.4 Å². The summed E-state index contributed by atoms with van der Waals surface area (Å²) in [6, 6.07) is 14.1. The largest absolute Gasteiger partial charge is 0.369 e. The summed E-state index contributed by atoms with van der Waals surface area (Å²) >= 11 is 0. The zero-order valence-corrected chi connectivity index (χ0v) is 8.60. The van der Waals surface area contributed by atoms with Crippen molar-refractivity contribution in [3.63, 3.8) is 0 Å². The Hall–Kier alpha value is -1.83. The zero-order valence-electron chi connectivity index (χ0n) is 8.60. The number of carbonyl (C=O) groups is 1. The molecule has 0 aromatic heterocycles. The summed E-state index contributed by atoms with van der Waals surface area (Å²) in [5.41, 5.74) is 6.25. The van der Waals surface area contributed by atoms with E-state index in [0.717, 1.165) is 10.9 Å². The maximum Gasteiger partial charge on any atom is 0.224 e. The summed E-state index contributed by atoms with van der Waals surface area (Å²) < 4.78 is 0. The fourth-order valence-corrected chi connectivity index (χ4v) is 1.64. The lowest BCUT2D eigenvalue weighted by Gasteiger charge is -2.08. The van der Waals surface area contributed by atoms with Gasteiger partial charge in [0.15, 0.2) is 0 Å². The summed E-state index contributed by atoms with van der Waals surface area (Å²) in [6.45, 7) is 1.83. The lowest BCUT2D eigenvalue weighted by molar-refractivity contribution is -0.119. The zero-order chi connectivity index (χ0) is 10.8. The molecule has 2 aromatic rings. The second kappa shape index (κ2) is 3.73. The van der Waals surface area contributed by atoms with Gasteiger partial charge in [-0.3, -0.25) is 4.79 Å². The minimum Gasteiger partial charge on any atom is -0.369 e. The third-order valence-electron chi connectivity index (χ3n) is 2.70. The van der Waals surface area contributed by atoms with E-state index in [4.69, 9.17) is 5.73 Å². The van der Waals surface area contributed by atoms with Gasteiger partial charge in [-0.1, -0.05) is 42.5 Å². The molecule has 0 saturated carbocycles. The standard InChI is InChI=1S/C13H13NO/c1-9(13(14)15)11-7-6-10-4-2-3-5-12(10)8-11/h2-9H,1H3,(H2,14,15). The molecular formula is C13H13NO. The van der Waals surface area contributed by atoms with Gasteiger partial charge in [0.2, 0.25) is 5.91 Å². The fourth-order valence-electron chi connectivity index (χ4n) is 1.64. The molecule has 1 amide bonds. The average molecular weight is 199 g/mol. The quantitative estimate of drug-likeness (QED) is 0.793. The summed E-state index contributed by atoms with van der Waals surface area (Å²) in [5, 5.41) is 2.32. The molecule has 2 nitrogen and oxygen atoms in total. The van der Waals surface area contributed by atoms with Gasteiger partial charge in [-0.25, -0.2) is 0 Å². The van der Waals surface area contributed by atoms with E-state index < -0.39 is 0 Å². The molecule has 15 heavy (non-hydrogen) atoms. The van der Waals surface area contributed by atoms with Crippen LogP contribution in [0.2, 0.25) is 0 Å². The van der Waals surface area contributed by atoms with Crippen LogP contribution in [-0.2, 0) is 4.79 Å². The van der Waals surface area contributed by atoms with Gasteiger partial charge in [0.1, 0.15) is 0 Å². The first-order valence-corrected chi connectivity index (χ1v) is 4.96. The Bertz CT molecular complexity index is 505. The van der Waals surface area contributed by atoms with Crippen LogP contribution in [0.3, 0.4) is 0 Å². The summed E-state index contributed by atoms with van der Waals surface area (Å²) in [4.78, 5) is 11.1. The van der Waals surface area contributed by atoms with Crippen molar-refractivity contribution in [2.24, 2.45) is 5.73 Å². The molecular weight excluding hydrogens is 186 g/mol. The Kier molecular flexibility index (Phi) is 2.42.